The fraction of sp³-hybridized carbons (Fsp3) is 0.400. The Balaban J connectivity index is 3.36. The molecular weight excluding hydrogens is 198 g/mol. The molecule has 0 saturated carbocycles. The van der Waals surface area contributed by atoms with Crippen LogP contribution < -0.4 is 5.11 Å². The number of carbonyl (C=O) groups excluding carboxylic acids is 2. The molecular formula is C10H12NO4-. The number of carboxylic acids is 1. The molecule has 0 saturated heterocycles. The first-order chi connectivity index (χ1) is 7.02. The average Bonchev–Trinajstić information content (AvgIpc) is 2.54. The van der Waals surface area contributed by atoms with E-state index < -0.39 is 11.9 Å². The summed E-state index contributed by atoms with van der Waals surface area (Å²) in [6.07, 6.45) is 0.526. The van der Waals surface area contributed by atoms with E-state index in [1.807, 2.05) is 6.92 Å². The number of hydrogen-bond donors (Lipinski definition) is 1. The van der Waals surface area contributed by atoms with E-state index in [-0.39, 0.29) is 5.69 Å². The van der Waals surface area contributed by atoms with Crippen LogP contribution in [0, 0.1) is 6.92 Å². The number of rotatable bonds is 3. The SMILES string of the molecule is CCc1[nH]c(C(=O)[O-])c(C)c1C(=O)OC. The molecule has 0 atom stereocenters. The molecule has 0 aromatic carbocycles. The molecule has 0 aliphatic rings. The van der Waals surface area contributed by atoms with Crippen molar-refractivity contribution in [3.05, 3.63) is 22.5 Å². The van der Waals surface area contributed by atoms with Gasteiger partial charge >= 0.3 is 5.97 Å². The van der Waals surface area contributed by atoms with Crippen molar-refractivity contribution in [2.45, 2.75) is 20.3 Å². The van der Waals surface area contributed by atoms with Gasteiger partial charge in [0.25, 0.3) is 0 Å². The third-order valence-electron chi connectivity index (χ3n) is 2.27. The number of aromatic carboxylic acids is 1. The van der Waals surface area contributed by atoms with Crippen LogP contribution in [0.1, 0.15) is 39.0 Å². The van der Waals surface area contributed by atoms with Crippen LogP contribution in [0.25, 0.3) is 0 Å². The van der Waals surface area contributed by atoms with Crippen LogP contribution in [-0.2, 0) is 11.2 Å². The summed E-state index contributed by atoms with van der Waals surface area (Å²) in [5.74, 6) is -1.86. The van der Waals surface area contributed by atoms with E-state index in [9.17, 15) is 14.7 Å². The predicted octanol–water partition coefficient (Wildman–Crippen LogP) is 0.0356. The molecule has 15 heavy (non-hydrogen) atoms. The molecule has 0 unspecified atom stereocenters. The number of H-pyrrole nitrogens is 1. The standard InChI is InChI=1S/C10H13NO4/c1-4-6-7(10(14)15-3)5(2)8(11-6)9(12)13/h11H,4H2,1-3H3,(H,12,13)/p-1. The number of aryl methyl sites for hydroxylation is 1. The van der Waals surface area contributed by atoms with Crippen LogP contribution in [-0.4, -0.2) is 24.0 Å². The molecule has 0 fully saturated rings. The summed E-state index contributed by atoms with van der Waals surface area (Å²) in [4.78, 5) is 24.8. The van der Waals surface area contributed by atoms with Gasteiger partial charge in [0.15, 0.2) is 0 Å². The van der Waals surface area contributed by atoms with Crippen molar-refractivity contribution in [2.75, 3.05) is 7.11 Å². The summed E-state index contributed by atoms with van der Waals surface area (Å²) in [6.45, 7) is 3.36. The zero-order valence-electron chi connectivity index (χ0n) is 8.84. The summed E-state index contributed by atoms with van der Waals surface area (Å²) in [6, 6.07) is 0. The molecule has 0 aliphatic heterocycles. The summed E-state index contributed by atoms with van der Waals surface area (Å²) < 4.78 is 4.58. The number of carboxylic acid groups (broad SMARTS) is 1. The Hall–Kier alpha value is -1.78. The number of carbonyl (C=O) groups is 2. The number of ether oxygens (including phenoxy) is 1. The summed E-state index contributed by atoms with van der Waals surface area (Å²) in [7, 11) is 1.26. The third-order valence-corrected chi connectivity index (χ3v) is 2.27. The molecule has 1 rings (SSSR count). The molecule has 0 amide bonds. The first kappa shape index (κ1) is 11.3. The van der Waals surface area contributed by atoms with Gasteiger partial charge in [-0.2, -0.15) is 0 Å². The van der Waals surface area contributed by atoms with E-state index in [1.54, 1.807) is 6.92 Å². The largest absolute Gasteiger partial charge is 0.543 e. The number of esters is 1. The highest BCUT2D eigenvalue weighted by Gasteiger charge is 2.20. The van der Waals surface area contributed by atoms with E-state index in [1.165, 1.54) is 7.11 Å². The van der Waals surface area contributed by atoms with E-state index in [0.29, 0.717) is 23.2 Å². The Morgan fingerprint density at radius 1 is 1.47 bits per heavy atom. The van der Waals surface area contributed by atoms with Crippen molar-refractivity contribution < 1.29 is 19.4 Å². The van der Waals surface area contributed by atoms with Crippen molar-refractivity contribution >= 4 is 11.9 Å². The molecule has 0 spiro atoms. The van der Waals surface area contributed by atoms with Crippen molar-refractivity contribution in [3.63, 3.8) is 0 Å². The topological polar surface area (TPSA) is 82.2 Å². The van der Waals surface area contributed by atoms with Gasteiger partial charge in [0.1, 0.15) is 0 Å². The van der Waals surface area contributed by atoms with Gasteiger partial charge < -0.3 is 19.6 Å². The van der Waals surface area contributed by atoms with Crippen LogP contribution in [0.5, 0.6) is 0 Å². The monoisotopic (exact) mass is 210 g/mol. The number of nitrogens with one attached hydrogen (secondary N) is 1. The Kier molecular flexibility index (Phi) is 3.14. The second-order valence-corrected chi connectivity index (χ2v) is 3.11. The Morgan fingerprint density at radius 2 is 2.07 bits per heavy atom. The second-order valence-electron chi connectivity index (χ2n) is 3.11. The van der Waals surface area contributed by atoms with Crippen LogP contribution in [0.4, 0.5) is 0 Å². The Bertz CT molecular complexity index is 406. The van der Waals surface area contributed by atoms with Gasteiger partial charge in [0, 0.05) is 5.69 Å². The van der Waals surface area contributed by atoms with Crippen LogP contribution in [0.3, 0.4) is 0 Å². The van der Waals surface area contributed by atoms with Gasteiger partial charge in [-0.25, -0.2) is 4.79 Å². The van der Waals surface area contributed by atoms with E-state index >= 15 is 0 Å². The fourth-order valence-electron chi connectivity index (χ4n) is 1.51. The lowest BCUT2D eigenvalue weighted by Gasteiger charge is -2.01. The smallest absolute Gasteiger partial charge is 0.339 e. The molecule has 0 bridgehead atoms. The van der Waals surface area contributed by atoms with Gasteiger partial charge in [-0.15, -0.1) is 0 Å². The number of aromatic amines is 1. The Morgan fingerprint density at radius 3 is 2.47 bits per heavy atom. The van der Waals surface area contributed by atoms with Gasteiger partial charge in [-0.3, -0.25) is 0 Å². The maximum absolute atomic E-state index is 11.4. The Labute approximate surface area is 87.1 Å². The van der Waals surface area contributed by atoms with Crippen LogP contribution in [0.15, 0.2) is 0 Å². The number of aromatic nitrogens is 1. The molecule has 5 nitrogen and oxygen atoms in total. The van der Waals surface area contributed by atoms with E-state index in [4.69, 9.17) is 0 Å². The summed E-state index contributed by atoms with van der Waals surface area (Å²) in [5.41, 5.74) is 1.14. The fourth-order valence-corrected chi connectivity index (χ4v) is 1.51. The molecule has 5 heteroatoms. The first-order valence-electron chi connectivity index (χ1n) is 4.54. The third kappa shape index (κ3) is 1.86. The predicted molar refractivity (Wildman–Crippen MR) is 50.6 cm³/mol. The number of hydrogen-bond acceptors (Lipinski definition) is 4. The molecule has 1 heterocycles. The molecule has 0 aliphatic carbocycles. The minimum Gasteiger partial charge on any atom is -0.543 e. The van der Waals surface area contributed by atoms with Crippen molar-refractivity contribution in [1.29, 1.82) is 0 Å². The molecule has 1 aromatic heterocycles. The van der Waals surface area contributed by atoms with E-state index in [0.717, 1.165) is 0 Å². The summed E-state index contributed by atoms with van der Waals surface area (Å²) >= 11 is 0. The quantitative estimate of drug-likeness (QED) is 0.714. The zero-order chi connectivity index (χ0) is 11.6. The highest BCUT2D eigenvalue weighted by molar-refractivity contribution is 5.97. The highest BCUT2D eigenvalue weighted by Crippen LogP contribution is 2.19. The normalized spacial score (nSPS) is 10.1. The van der Waals surface area contributed by atoms with Gasteiger partial charge in [0.05, 0.1) is 24.3 Å². The molecule has 0 radical (unpaired) electrons. The molecule has 1 aromatic rings. The molecule has 1 N–H and O–H groups in total. The summed E-state index contributed by atoms with van der Waals surface area (Å²) in [5, 5.41) is 10.7. The minimum atomic E-state index is -1.32. The van der Waals surface area contributed by atoms with Gasteiger partial charge in [-0.05, 0) is 18.9 Å². The second kappa shape index (κ2) is 4.16. The maximum Gasteiger partial charge on any atom is 0.339 e. The lowest BCUT2D eigenvalue weighted by molar-refractivity contribution is -0.255. The van der Waals surface area contributed by atoms with Crippen molar-refractivity contribution in [3.8, 4) is 0 Å². The lowest BCUT2D eigenvalue weighted by atomic mass is 10.1. The zero-order valence-corrected chi connectivity index (χ0v) is 8.84. The van der Waals surface area contributed by atoms with Gasteiger partial charge in [-0.1, -0.05) is 6.92 Å². The average molecular weight is 210 g/mol. The van der Waals surface area contributed by atoms with Crippen LogP contribution in [0.2, 0.25) is 0 Å². The molecule has 82 valence electrons. The van der Waals surface area contributed by atoms with Crippen LogP contribution >= 0.6 is 0 Å². The maximum atomic E-state index is 11.4. The van der Waals surface area contributed by atoms with Crippen molar-refractivity contribution in [1.82, 2.24) is 4.98 Å². The van der Waals surface area contributed by atoms with E-state index in [2.05, 4.69) is 9.72 Å². The highest BCUT2D eigenvalue weighted by atomic mass is 16.5. The van der Waals surface area contributed by atoms with Gasteiger partial charge in [0.2, 0.25) is 0 Å². The number of methoxy groups -OCH3 is 1. The first-order valence-corrected chi connectivity index (χ1v) is 4.54. The lowest BCUT2D eigenvalue weighted by Crippen LogP contribution is -2.23. The van der Waals surface area contributed by atoms with Crippen molar-refractivity contribution in [2.24, 2.45) is 0 Å². The minimum absolute atomic E-state index is 0.0627.